The van der Waals surface area contributed by atoms with Gasteiger partial charge in [0.2, 0.25) is 0 Å². The Morgan fingerprint density at radius 1 is 1.29 bits per heavy atom. The summed E-state index contributed by atoms with van der Waals surface area (Å²) >= 11 is 0. The number of aryl methyl sites for hydroxylation is 2. The molecule has 0 unspecified atom stereocenters. The number of H-pyrrole nitrogens is 1. The van der Waals surface area contributed by atoms with Crippen molar-refractivity contribution in [2.75, 3.05) is 0 Å². The summed E-state index contributed by atoms with van der Waals surface area (Å²) in [5.74, 6) is 0.646. The van der Waals surface area contributed by atoms with Gasteiger partial charge in [-0.05, 0) is 42.2 Å². The summed E-state index contributed by atoms with van der Waals surface area (Å²) in [6, 6.07) is 7.59. The average Bonchev–Trinajstić information content (AvgIpc) is 2.93. The van der Waals surface area contributed by atoms with Gasteiger partial charge in [0.1, 0.15) is 11.3 Å². The highest BCUT2D eigenvalue weighted by atomic mass is 16.1. The van der Waals surface area contributed by atoms with Crippen LogP contribution < -0.4 is 5.56 Å². The van der Waals surface area contributed by atoms with Crippen LogP contribution in [0.2, 0.25) is 0 Å². The molecule has 0 amide bonds. The summed E-state index contributed by atoms with van der Waals surface area (Å²) in [6.45, 7) is 4.13. The molecule has 0 spiro atoms. The molecule has 0 aliphatic carbocycles. The predicted molar refractivity (Wildman–Crippen MR) is 95.5 cm³/mol. The van der Waals surface area contributed by atoms with Gasteiger partial charge in [0.05, 0.1) is 5.52 Å². The molecule has 0 radical (unpaired) electrons. The van der Waals surface area contributed by atoms with E-state index in [1.807, 2.05) is 31.3 Å². The zero-order valence-corrected chi connectivity index (χ0v) is 14.2. The molecule has 0 atom stereocenters. The molecule has 124 valence electrons. The second-order valence-corrected chi connectivity index (χ2v) is 5.82. The van der Waals surface area contributed by atoms with E-state index in [-0.39, 0.29) is 5.56 Å². The molecular weight excluding hydrogens is 302 g/mol. The van der Waals surface area contributed by atoms with Crippen molar-refractivity contribution in [3.05, 3.63) is 51.7 Å². The number of aromatic nitrogens is 5. The maximum absolute atomic E-state index is 11.9. The average molecular weight is 323 g/mol. The first kappa shape index (κ1) is 16.1. The number of nitrogens with one attached hydrogen (secondary N) is 1. The minimum atomic E-state index is -0.104. The van der Waals surface area contributed by atoms with E-state index in [1.165, 1.54) is 0 Å². The van der Waals surface area contributed by atoms with Crippen LogP contribution in [-0.4, -0.2) is 25.0 Å². The molecule has 0 aliphatic rings. The number of rotatable bonds is 5. The van der Waals surface area contributed by atoms with Crippen molar-refractivity contribution >= 4 is 22.7 Å². The van der Waals surface area contributed by atoms with Gasteiger partial charge >= 0.3 is 0 Å². The van der Waals surface area contributed by atoms with E-state index in [9.17, 15) is 4.79 Å². The van der Waals surface area contributed by atoms with Crippen LogP contribution in [0.1, 0.15) is 43.8 Å². The number of aromatic amines is 1. The highest BCUT2D eigenvalue weighted by Gasteiger charge is 2.07. The molecule has 0 bridgehead atoms. The van der Waals surface area contributed by atoms with Crippen molar-refractivity contribution in [3.63, 3.8) is 0 Å². The smallest absolute Gasteiger partial charge is 0.251 e. The molecule has 6 heteroatoms. The predicted octanol–water partition coefficient (Wildman–Crippen LogP) is 2.95. The van der Waals surface area contributed by atoms with Gasteiger partial charge in [0, 0.05) is 18.8 Å². The Morgan fingerprint density at radius 3 is 2.88 bits per heavy atom. The molecule has 3 rings (SSSR count). The molecule has 3 aromatic rings. The van der Waals surface area contributed by atoms with Gasteiger partial charge in [0.15, 0.2) is 0 Å². The second kappa shape index (κ2) is 6.78. The Bertz CT molecular complexity index is 951. The van der Waals surface area contributed by atoms with Crippen molar-refractivity contribution in [2.45, 2.75) is 33.1 Å². The molecule has 2 heterocycles. The van der Waals surface area contributed by atoms with Crippen molar-refractivity contribution in [2.24, 2.45) is 7.05 Å². The molecule has 0 aliphatic heterocycles. The van der Waals surface area contributed by atoms with Gasteiger partial charge < -0.3 is 4.98 Å². The number of hydrogen-bond donors (Lipinski definition) is 1. The fourth-order valence-electron chi connectivity index (χ4n) is 2.73. The lowest BCUT2D eigenvalue weighted by Crippen LogP contribution is -2.12. The van der Waals surface area contributed by atoms with E-state index < -0.39 is 0 Å². The van der Waals surface area contributed by atoms with Crippen LogP contribution in [-0.2, 0) is 13.5 Å². The van der Waals surface area contributed by atoms with Gasteiger partial charge in [-0.1, -0.05) is 31.5 Å². The molecule has 0 saturated heterocycles. The largest absolute Gasteiger partial charge is 0.307 e. The van der Waals surface area contributed by atoms with Crippen molar-refractivity contribution in [3.8, 4) is 0 Å². The maximum atomic E-state index is 11.9. The van der Waals surface area contributed by atoms with Crippen molar-refractivity contribution in [1.29, 1.82) is 0 Å². The van der Waals surface area contributed by atoms with E-state index in [2.05, 4.69) is 34.1 Å². The third-order valence-electron chi connectivity index (χ3n) is 3.96. The van der Waals surface area contributed by atoms with Gasteiger partial charge in [-0.25, -0.2) is 9.67 Å². The first-order valence-corrected chi connectivity index (χ1v) is 8.21. The van der Waals surface area contributed by atoms with E-state index in [0.29, 0.717) is 5.82 Å². The van der Waals surface area contributed by atoms with Crippen LogP contribution >= 0.6 is 0 Å². The maximum Gasteiger partial charge on any atom is 0.251 e. The zero-order chi connectivity index (χ0) is 17.1. The number of allylic oxidation sites excluding steroid dienone is 1. The van der Waals surface area contributed by atoms with Gasteiger partial charge in [0.25, 0.3) is 5.56 Å². The Morgan fingerprint density at radius 2 is 2.12 bits per heavy atom. The number of hydrogen-bond acceptors (Lipinski definition) is 4. The lowest BCUT2D eigenvalue weighted by Gasteiger charge is -2.07. The molecular formula is C18H21N5O. The molecule has 6 nitrogen and oxygen atoms in total. The van der Waals surface area contributed by atoms with Crippen molar-refractivity contribution < 1.29 is 0 Å². The van der Waals surface area contributed by atoms with E-state index in [1.54, 1.807) is 10.7 Å². The third kappa shape index (κ3) is 3.27. The van der Waals surface area contributed by atoms with Crippen LogP contribution in [0, 0.1) is 0 Å². The number of nitrogens with zero attached hydrogens (tertiary/aromatic N) is 4. The van der Waals surface area contributed by atoms with Crippen LogP contribution in [0.3, 0.4) is 0 Å². The Kier molecular flexibility index (Phi) is 4.55. The summed E-state index contributed by atoms with van der Waals surface area (Å²) in [5, 5.41) is 8.17. The Labute approximate surface area is 140 Å². The van der Waals surface area contributed by atoms with Crippen LogP contribution in [0.5, 0.6) is 0 Å². The van der Waals surface area contributed by atoms with Crippen LogP contribution in [0.15, 0.2) is 29.1 Å². The first-order chi connectivity index (χ1) is 11.6. The highest BCUT2D eigenvalue weighted by Crippen LogP contribution is 2.20. The minimum Gasteiger partial charge on any atom is -0.307 e. The molecule has 0 fully saturated rings. The summed E-state index contributed by atoms with van der Waals surface area (Å²) in [6.07, 6.45) is 4.59. The van der Waals surface area contributed by atoms with Crippen molar-refractivity contribution in [1.82, 2.24) is 25.0 Å². The molecule has 1 aromatic carbocycles. The standard InChI is InChI=1S/C18H21N5O/c1-4-6-14-11-17(24)20-18(19-14)13(5-2)9-12-7-8-16-15(10-12)21-22-23(16)3/h7-11H,4-6H2,1-3H3,(H,19,20,24). The van der Waals surface area contributed by atoms with E-state index in [4.69, 9.17) is 0 Å². The third-order valence-corrected chi connectivity index (χ3v) is 3.96. The van der Waals surface area contributed by atoms with E-state index >= 15 is 0 Å². The quantitative estimate of drug-likeness (QED) is 0.783. The summed E-state index contributed by atoms with van der Waals surface area (Å²) < 4.78 is 1.75. The summed E-state index contributed by atoms with van der Waals surface area (Å²) in [4.78, 5) is 19.3. The SMILES string of the molecule is CCCc1cc(=O)[nH]c(C(=Cc2ccc3c(c2)nnn3C)CC)n1. The van der Waals surface area contributed by atoms with Gasteiger partial charge in [-0.2, -0.15) is 0 Å². The monoisotopic (exact) mass is 323 g/mol. The lowest BCUT2D eigenvalue weighted by molar-refractivity contribution is 0.736. The topological polar surface area (TPSA) is 76.5 Å². The Balaban J connectivity index is 2.03. The molecule has 1 N–H and O–H groups in total. The number of benzene rings is 1. The Hall–Kier alpha value is -2.76. The molecule has 0 saturated carbocycles. The first-order valence-electron chi connectivity index (χ1n) is 8.21. The second-order valence-electron chi connectivity index (χ2n) is 5.82. The zero-order valence-electron chi connectivity index (χ0n) is 14.2. The van der Waals surface area contributed by atoms with E-state index in [0.717, 1.165) is 47.1 Å². The van der Waals surface area contributed by atoms with Crippen LogP contribution in [0.25, 0.3) is 22.7 Å². The lowest BCUT2D eigenvalue weighted by atomic mass is 10.1. The fraction of sp³-hybridized carbons (Fsp3) is 0.333. The minimum absolute atomic E-state index is 0.104. The number of fused-ring (bicyclic) bond motifs is 1. The molecule has 24 heavy (non-hydrogen) atoms. The van der Waals surface area contributed by atoms with Crippen LogP contribution in [0.4, 0.5) is 0 Å². The highest BCUT2D eigenvalue weighted by molar-refractivity contribution is 5.83. The normalized spacial score (nSPS) is 12.0. The summed E-state index contributed by atoms with van der Waals surface area (Å²) in [7, 11) is 1.87. The summed E-state index contributed by atoms with van der Waals surface area (Å²) in [5.41, 5.74) is 4.58. The van der Waals surface area contributed by atoms with Gasteiger partial charge in [-0.15, -0.1) is 5.10 Å². The van der Waals surface area contributed by atoms with Gasteiger partial charge in [-0.3, -0.25) is 4.79 Å². The molecule has 2 aromatic heterocycles. The fourth-order valence-corrected chi connectivity index (χ4v) is 2.73.